The highest BCUT2D eigenvalue weighted by Gasteiger charge is 2.30. The summed E-state index contributed by atoms with van der Waals surface area (Å²) in [6, 6.07) is 5.43. The van der Waals surface area contributed by atoms with Gasteiger partial charge in [-0.1, -0.05) is 36.2 Å². The van der Waals surface area contributed by atoms with Crippen molar-refractivity contribution in [3.63, 3.8) is 0 Å². The minimum absolute atomic E-state index is 0. The molecule has 7 heteroatoms. The number of carbonyl (C=O) groups is 1. The number of benzene rings is 1. The van der Waals surface area contributed by atoms with E-state index in [0.29, 0.717) is 29.7 Å². The lowest BCUT2D eigenvalue weighted by molar-refractivity contribution is -0.147. The summed E-state index contributed by atoms with van der Waals surface area (Å²) in [5.74, 6) is 0.0209. The number of halogens is 3. The quantitative estimate of drug-likeness (QED) is 0.845. The summed E-state index contributed by atoms with van der Waals surface area (Å²) in [6.45, 7) is 6.66. The molecule has 130 valence electrons. The van der Waals surface area contributed by atoms with Gasteiger partial charge in [0.1, 0.15) is 6.10 Å². The fraction of sp³-hybridized carbons (Fsp3) is 0.562. The number of ether oxygens (including phenoxy) is 1. The molecule has 1 aliphatic rings. The molecule has 1 amide bonds. The van der Waals surface area contributed by atoms with Gasteiger partial charge in [-0.05, 0) is 31.0 Å². The lowest BCUT2D eigenvalue weighted by Gasteiger charge is -2.34. The van der Waals surface area contributed by atoms with Crippen LogP contribution in [0.1, 0.15) is 31.9 Å². The third-order valence-electron chi connectivity index (χ3n) is 3.84. The predicted molar refractivity (Wildman–Crippen MR) is 96.7 cm³/mol. The first kappa shape index (κ1) is 20.5. The Morgan fingerprint density at radius 2 is 2.17 bits per heavy atom. The summed E-state index contributed by atoms with van der Waals surface area (Å²) >= 11 is 12.1. The third-order valence-corrected chi connectivity index (χ3v) is 4.58. The second kappa shape index (κ2) is 9.70. The molecule has 0 radical (unpaired) electrons. The van der Waals surface area contributed by atoms with Crippen molar-refractivity contribution in [2.45, 2.75) is 32.4 Å². The van der Waals surface area contributed by atoms with Gasteiger partial charge in [-0.25, -0.2) is 0 Å². The van der Waals surface area contributed by atoms with Gasteiger partial charge >= 0.3 is 0 Å². The normalized spacial score (nSPS) is 18.9. The highest BCUT2D eigenvalue weighted by molar-refractivity contribution is 6.42. The van der Waals surface area contributed by atoms with Crippen molar-refractivity contribution in [2.75, 3.05) is 26.2 Å². The third kappa shape index (κ3) is 5.23. The van der Waals surface area contributed by atoms with E-state index in [-0.39, 0.29) is 24.4 Å². The van der Waals surface area contributed by atoms with Gasteiger partial charge in [0.2, 0.25) is 0 Å². The summed E-state index contributed by atoms with van der Waals surface area (Å²) in [4.78, 5) is 14.6. The molecule has 1 saturated heterocycles. The molecule has 4 nitrogen and oxygen atoms in total. The van der Waals surface area contributed by atoms with Crippen LogP contribution < -0.4 is 5.32 Å². The van der Waals surface area contributed by atoms with Gasteiger partial charge < -0.3 is 15.0 Å². The Morgan fingerprint density at radius 3 is 2.74 bits per heavy atom. The fourth-order valence-electron chi connectivity index (χ4n) is 2.60. The lowest BCUT2D eigenvalue weighted by atomic mass is 10.1. The molecule has 1 heterocycles. The monoisotopic (exact) mass is 380 g/mol. The van der Waals surface area contributed by atoms with E-state index in [4.69, 9.17) is 27.9 Å². The number of nitrogens with one attached hydrogen (secondary N) is 1. The molecule has 23 heavy (non-hydrogen) atoms. The Morgan fingerprint density at radius 1 is 1.43 bits per heavy atom. The SMILES string of the molecule is CCCN(C(=O)[C@H]1CNCCO1)C(C)c1ccc(Cl)c(Cl)c1.Cl. The molecular formula is C16H23Cl3N2O2. The maximum atomic E-state index is 12.8. The van der Waals surface area contributed by atoms with Crippen molar-refractivity contribution in [1.82, 2.24) is 10.2 Å². The molecule has 2 rings (SSSR count). The van der Waals surface area contributed by atoms with E-state index in [1.807, 2.05) is 24.0 Å². The van der Waals surface area contributed by atoms with Gasteiger partial charge in [-0.3, -0.25) is 4.79 Å². The Balaban J connectivity index is 0.00000264. The molecule has 2 atom stereocenters. The molecule has 0 aromatic heterocycles. The van der Waals surface area contributed by atoms with E-state index < -0.39 is 6.10 Å². The minimum Gasteiger partial charge on any atom is -0.366 e. The first-order valence-corrected chi connectivity index (χ1v) is 8.38. The molecule has 0 aliphatic carbocycles. The molecule has 1 fully saturated rings. The van der Waals surface area contributed by atoms with Crippen LogP contribution in [0.15, 0.2) is 18.2 Å². The highest BCUT2D eigenvalue weighted by Crippen LogP contribution is 2.29. The Hall–Kier alpha value is -0.520. The zero-order chi connectivity index (χ0) is 16.1. The van der Waals surface area contributed by atoms with Gasteiger partial charge in [0.15, 0.2) is 0 Å². The summed E-state index contributed by atoms with van der Waals surface area (Å²) in [7, 11) is 0. The van der Waals surface area contributed by atoms with Crippen LogP contribution in [0.4, 0.5) is 0 Å². The van der Waals surface area contributed by atoms with Crippen LogP contribution in [-0.2, 0) is 9.53 Å². The number of rotatable bonds is 5. The van der Waals surface area contributed by atoms with Gasteiger partial charge in [0, 0.05) is 19.6 Å². The van der Waals surface area contributed by atoms with E-state index in [9.17, 15) is 4.79 Å². The molecule has 0 spiro atoms. The van der Waals surface area contributed by atoms with Crippen LogP contribution in [0.25, 0.3) is 0 Å². The first-order chi connectivity index (χ1) is 10.5. The molecule has 1 aromatic rings. The summed E-state index contributed by atoms with van der Waals surface area (Å²) in [5, 5.41) is 4.22. The molecule has 0 saturated carbocycles. The van der Waals surface area contributed by atoms with Crippen molar-refractivity contribution >= 4 is 41.5 Å². The summed E-state index contributed by atoms with van der Waals surface area (Å²) in [6.07, 6.45) is 0.475. The van der Waals surface area contributed by atoms with Gasteiger partial charge in [0.05, 0.1) is 22.7 Å². The molecule has 1 aromatic carbocycles. The number of hydrogen-bond donors (Lipinski definition) is 1. The van der Waals surface area contributed by atoms with Crippen LogP contribution in [0.3, 0.4) is 0 Å². The van der Waals surface area contributed by atoms with Gasteiger partial charge in [-0.2, -0.15) is 0 Å². The van der Waals surface area contributed by atoms with Crippen molar-refractivity contribution in [1.29, 1.82) is 0 Å². The average Bonchev–Trinajstić information content (AvgIpc) is 2.55. The number of nitrogens with zero attached hydrogens (tertiary/aromatic N) is 1. The summed E-state index contributed by atoms with van der Waals surface area (Å²) < 4.78 is 5.60. The van der Waals surface area contributed by atoms with E-state index in [2.05, 4.69) is 12.2 Å². The zero-order valence-electron chi connectivity index (χ0n) is 13.4. The zero-order valence-corrected chi connectivity index (χ0v) is 15.7. The maximum absolute atomic E-state index is 12.8. The molecule has 0 bridgehead atoms. The standard InChI is InChI=1S/C16H22Cl2N2O2.ClH/c1-3-7-20(16(21)15-10-19-6-8-22-15)11(2)12-4-5-13(17)14(18)9-12;/h4-5,9,11,15,19H,3,6-8,10H2,1-2H3;1H/t11?,15-;/m1./s1. The topological polar surface area (TPSA) is 41.6 Å². The number of carbonyl (C=O) groups excluding carboxylic acids is 1. The highest BCUT2D eigenvalue weighted by atomic mass is 35.5. The van der Waals surface area contributed by atoms with Crippen LogP contribution in [0.5, 0.6) is 0 Å². The number of hydrogen-bond acceptors (Lipinski definition) is 3. The predicted octanol–water partition coefficient (Wildman–Crippen LogP) is 3.70. The van der Waals surface area contributed by atoms with Crippen LogP contribution in [0.2, 0.25) is 10.0 Å². The van der Waals surface area contributed by atoms with Crippen molar-refractivity contribution in [3.8, 4) is 0 Å². The van der Waals surface area contributed by atoms with Crippen LogP contribution in [0, 0.1) is 0 Å². The lowest BCUT2D eigenvalue weighted by Crippen LogP contribution is -2.50. The van der Waals surface area contributed by atoms with Crippen LogP contribution >= 0.6 is 35.6 Å². The Bertz CT molecular complexity index is 522. The van der Waals surface area contributed by atoms with Crippen molar-refractivity contribution in [3.05, 3.63) is 33.8 Å². The largest absolute Gasteiger partial charge is 0.366 e. The molecule has 1 N–H and O–H groups in total. The van der Waals surface area contributed by atoms with E-state index in [1.54, 1.807) is 6.07 Å². The Labute approximate surface area is 153 Å². The molecular weight excluding hydrogens is 359 g/mol. The van der Waals surface area contributed by atoms with Crippen molar-refractivity contribution < 1.29 is 9.53 Å². The van der Waals surface area contributed by atoms with Crippen molar-refractivity contribution in [2.24, 2.45) is 0 Å². The average molecular weight is 382 g/mol. The number of morpholine rings is 1. The molecule has 1 unspecified atom stereocenters. The number of amides is 1. The van der Waals surface area contributed by atoms with E-state index >= 15 is 0 Å². The Kier molecular flexibility index (Phi) is 8.65. The second-order valence-electron chi connectivity index (χ2n) is 5.44. The first-order valence-electron chi connectivity index (χ1n) is 7.62. The molecule has 1 aliphatic heterocycles. The summed E-state index contributed by atoms with van der Waals surface area (Å²) in [5.41, 5.74) is 0.972. The van der Waals surface area contributed by atoms with Gasteiger partial charge in [-0.15, -0.1) is 12.4 Å². The minimum atomic E-state index is -0.412. The van der Waals surface area contributed by atoms with Crippen LogP contribution in [-0.4, -0.2) is 43.2 Å². The van der Waals surface area contributed by atoms with Gasteiger partial charge in [0.25, 0.3) is 5.91 Å². The maximum Gasteiger partial charge on any atom is 0.253 e. The fourth-order valence-corrected chi connectivity index (χ4v) is 2.90. The second-order valence-corrected chi connectivity index (χ2v) is 6.26. The van der Waals surface area contributed by atoms with E-state index in [1.165, 1.54) is 0 Å². The van der Waals surface area contributed by atoms with E-state index in [0.717, 1.165) is 18.5 Å². The smallest absolute Gasteiger partial charge is 0.253 e.